The summed E-state index contributed by atoms with van der Waals surface area (Å²) in [4.78, 5) is 19.9. The van der Waals surface area contributed by atoms with E-state index in [2.05, 4.69) is 11.8 Å². The van der Waals surface area contributed by atoms with Crippen molar-refractivity contribution in [1.29, 1.82) is 0 Å². The highest BCUT2D eigenvalue weighted by atomic mass is 31.2. The summed E-state index contributed by atoms with van der Waals surface area (Å²) in [6.07, 6.45) is 5.75. The minimum Gasteiger partial charge on any atom is -0.324 e. The molecule has 0 radical (unpaired) electrons. The van der Waals surface area contributed by atoms with Gasteiger partial charge in [-0.25, -0.2) is 0 Å². The third-order valence-electron chi connectivity index (χ3n) is 3.14. The van der Waals surface area contributed by atoms with Crippen molar-refractivity contribution in [2.75, 3.05) is 19.3 Å². The number of hydrogen-bond acceptors (Lipinski definition) is 2. The number of hydrogen-bond donors (Lipinski definition) is 2. The molecule has 1 rings (SSSR count). The molecule has 0 unspecified atom stereocenters. The Kier molecular flexibility index (Phi) is 5.27. The first-order valence-corrected chi connectivity index (χ1v) is 7.61. The van der Waals surface area contributed by atoms with Gasteiger partial charge < -0.3 is 14.7 Å². The number of rotatable bonds is 6. The van der Waals surface area contributed by atoms with E-state index in [1.165, 1.54) is 25.7 Å². The molecular weight excluding hydrogens is 213 g/mol. The van der Waals surface area contributed by atoms with Crippen LogP contribution in [-0.2, 0) is 4.57 Å². The molecule has 90 valence electrons. The van der Waals surface area contributed by atoms with Crippen molar-refractivity contribution in [3.63, 3.8) is 0 Å². The standard InChI is InChI=1S/C10H22NO3P/c1-2-11(10-6-3-4-7-10)8-5-9-15(12,13)14/h10H,2-9H2,1H3,(H2,12,13,14). The summed E-state index contributed by atoms with van der Waals surface area (Å²) in [6, 6.07) is 0.659. The van der Waals surface area contributed by atoms with Gasteiger partial charge in [0.15, 0.2) is 0 Å². The van der Waals surface area contributed by atoms with E-state index in [4.69, 9.17) is 9.79 Å². The summed E-state index contributed by atoms with van der Waals surface area (Å²) < 4.78 is 10.7. The highest BCUT2D eigenvalue weighted by Gasteiger charge is 2.21. The minimum atomic E-state index is -3.79. The van der Waals surface area contributed by atoms with Crippen LogP contribution in [0.2, 0.25) is 0 Å². The Morgan fingerprint density at radius 2 is 1.93 bits per heavy atom. The molecule has 15 heavy (non-hydrogen) atoms. The van der Waals surface area contributed by atoms with Crippen molar-refractivity contribution in [2.24, 2.45) is 0 Å². The molecule has 0 aromatic heterocycles. The second kappa shape index (κ2) is 6.00. The van der Waals surface area contributed by atoms with Gasteiger partial charge in [-0.3, -0.25) is 4.57 Å². The molecule has 0 spiro atoms. The lowest BCUT2D eigenvalue weighted by molar-refractivity contribution is 0.208. The molecule has 5 heteroatoms. The zero-order valence-electron chi connectivity index (χ0n) is 9.43. The molecule has 0 saturated heterocycles. The first kappa shape index (κ1) is 13.2. The van der Waals surface area contributed by atoms with Gasteiger partial charge in [0.05, 0.1) is 6.16 Å². The molecule has 0 atom stereocenters. The van der Waals surface area contributed by atoms with Crippen molar-refractivity contribution >= 4 is 7.60 Å². The van der Waals surface area contributed by atoms with E-state index < -0.39 is 7.60 Å². The average Bonchev–Trinajstić information content (AvgIpc) is 2.63. The van der Waals surface area contributed by atoms with Crippen LogP contribution >= 0.6 is 7.60 Å². The van der Waals surface area contributed by atoms with E-state index in [0.29, 0.717) is 12.5 Å². The fraction of sp³-hybridized carbons (Fsp3) is 1.00. The molecule has 1 aliphatic rings. The Bertz CT molecular complexity index is 223. The molecule has 0 aromatic rings. The van der Waals surface area contributed by atoms with Crippen LogP contribution in [0.25, 0.3) is 0 Å². The Labute approximate surface area is 91.8 Å². The highest BCUT2D eigenvalue weighted by molar-refractivity contribution is 7.51. The van der Waals surface area contributed by atoms with Crippen molar-refractivity contribution in [2.45, 2.75) is 45.1 Å². The van der Waals surface area contributed by atoms with Gasteiger partial charge in [-0.1, -0.05) is 19.8 Å². The van der Waals surface area contributed by atoms with Gasteiger partial charge in [0.1, 0.15) is 0 Å². The Morgan fingerprint density at radius 3 is 2.40 bits per heavy atom. The monoisotopic (exact) mass is 235 g/mol. The van der Waals surface area contributed by atoms with Crippen LogP contribution in [0.3, 0.4) is 0 Å². The first-order valence-electron chi connectivity index (χ1n) is 5.81. The van der Waals surface area contributed by atoms with Crippen LogP contribution in [0, 0.1) is 0 Å². The van der Waals surface area contributed by atoms with E-state index in [1.807, 2.05) is 0 Å². The summed E-state index contributed by atoms with van der Waals surface area (Å²) in [5, 5.41) is 0. The Morgan fingerprint density at radius 1 is 1.33 bits per heavy atom. The molecule has 1 aliphatic carbocycles. The molecule has 0 amide bonds. The summed E-state index contributed by atoms with van der Waals surface area (Å²) in [5.74, 6) is 0. The molecule has 0 aliphatic heterocycles. The smallest absolute Gasteiger partial charge is 0.324 e. The van der Waals surface area contributed by atoms with Crippen LogP contribution in [0.5, 0.6) is 0 Å². The molecule has 4 nitrogen and oxygen atoms in total. The summed E-state index contributed by atoms with van der Waals surface area (Å²) in [7, 11) is -3.79. The molecule has 2 N–H and O–H groups in total. The largest absolute Gasteiger partial charge is 0.325 e. The predicted octanol–water partition coefficient (Wildman–Crippen LogP) is 1.82. The fourth-order valence-electron chi connectivity index (χ4n) is 2.35. The molecule has 0 heterocycles. The lowest BCUT2D eigenvalue weighted by Gasteiger charge is -2.27. The summed E-state index contributed by atoms with van der Waals surface area (Å²) >= 11 is 0. The van der Waals surface area contributed by atoms with Crippen LogP contribution in [0.4, 0.5) is 0 Å². The quantitative estimate of drug-likeness (QED) is 0.689. The zero-order valence-corrected chi connectivity index (χ0v) is 10.3. The van der Waals surface area contributed by atoms with Crippen molar-refractivity contribution in [1.82, 2.24) is 4.90 Å². The van der Waals surface area contributed by atoms with Crippen LogP contribution in [0.1, 0.15) is 39.0 Å². The van der Waals surface area contributed by atoms with Gasteiger partial charge in [0, 0.05) is 6.04 Å². The van der Waals surface area contributed by atoms with Gasteiger partial charge in [-0.05, 0) is 32.4 Å². The zero-order chi connectivity index (χ0) is 11.3. The van der Waals surface area contributed by atoms with Crippen molar-refractivity contribution in [3.05, 3.63) is 0 Å². The van der Waals surface area contributed by atoms with Crippen molar-refractivity contribution < 1.29 is 14.4 Å². The van der Waals surface area contributed by atoms with Gasteiger partial charge in [-0.2, -0.15) is 0 Å². The van der Waals surface area contributed by atoms with Gasteiger partial charge in [-0.15, -0.1) is 0 Å². The van der Waals surface area contributed by atoms with E-state index >= 15 is 0 Å². The topological polar surface area (TPSA) is 60.8 Å². The maximum atomic E-state index is 10.7. The maximum absolute atomic E-state index is 10.7. The highest BCUT2D eigenvalue weighted by Crippen LogP contribution is 2.35. The molecule has 1 saturated carbocycles. The summed E-state index contributed by atoms with van der Waals surface area (Å²) in [6.45, 7) is 3.94. The summed E-state index contributed by atoms with van der Waals surface area (Å²) in [5.41, 5.74) is 0. The fourth-order valence-corrected chi connectivity index (χ4v) is 2.90. The van der Waals surface area contributed by atoms with Crippen LogP contribution in [0.15, 0.2) is 0 Å². The predicted molar refractivity (Wildman–Crippen MR) is 61.0 cm³/mol. The van der Waals surface area contributed by atoms with Gasteiger partial charge >= 0.3 is 7.60 Å². The number of nitrogens with zero attached hydrogens (tertiary/aromatic N) is 1. The minimum absolute atomic E-state index is 0.0240. The Hall–Kier alpha value is 0.110. The van der Waals surface area contributed by atoms with Gasteiger partial charge in [0.25, 0.3) is 0 Å². The SMILES string of the molecule is CCN(CCCP(=O)(O)O)C1CCCC1. The van der Waals surface area contributed by atoms with E-state index in [-0.39, 0.29) is 6.16 Å². The second-order valence-corrected chi connectivity index (χ2v) is 6.09. The molecule has 0 aromatic carbocycles. The lowest BCUT2D eigenvalue weighted by atomic mass is 10.2. The van der Waals surface area contributed by atoms with Crippen LogP contribution in [-0.4, -0.2) is 40.0 Å². The Balaban J connectivity index is 2.24. The third-order valence-corrected chi connectivity index (χ3v) is 4.04. The van der Waals surface area contributed by atoms with E-state index in [0.717, 1.165) is 13.1 Å². The first-order chi connectivity index (χ1) is 7.03. The normalized spacial score (nSPS) is 18.9. The third kappa shape index (κ3) is 5.12. The lowest BCUT2D eigenvalue weighted by Crippen LogP contribution is -2.34. The maximum Gasteiger partial charge on any atom is 0.325 e. The average molecular weight is 235 g/mol. The van der Waals surface area contributed by atoms with Crippen molar-refractivity contribution in [3.8, 4) is 0 Å². The second-order valence-electron chi connectivity index (χ2n) is 4.31. The van der Waals surface area contributed by atoms with E-state index in [1.54, 1.807) is 0 Å². The molecule has 0 bridgehead atoms. The van der Waals surface area contributed by atoms with E-state index in [9.17, 15) is 4.57 Å². The molecule has 1 fully saturated rings. The van der Waals surface area contributed by atoms with Gasteiger partial charge in [0.2, 0.25) is 0 Å². The molecular formula is C10H22NO3P. The van der Waals surface area contributed by atoms with Crippen LogP contribution < -0.4 is 0 Å².